The molecule has 0 bridgehead atoms. The van der Waals surface area contributed by atoms with Gasteiger partial charge in [-0.1, -0.05) is 78.4 Å². The van der Waals surface area contributed by atoms with Crippen LogP contribution in [0.3, 0.4) is 0 Å². The summed E-state index contributed by atoms with van der Waals surface area (Å²) in [6, 6.07) is 27.1. The van der Waals surface area contributed by atoms with Crippen molar-refractivity contribution in [2.24, 2.45) is 0 Å². The van der Waals surface area contributed by atoms with Gasteiger partial charge in [-0.15, -0.1) is 0 Å². The zero-order valence-corrected chi connectivity index (χ0v) is 20.2. The molecule has 6 heteroatoms. The maximum absolute atomic E-state index is 13.0. The van der Waals surface area contributed by atoms with Gasteiger partial charge in [-0.3, -0.25) is 0 Å². The lowest BCUT2D eigenvalue weighted by atomic mass is 10.1. The number of aryl methyl sites for hydroxylation is 1. The Bertz CT molecular complexity index is 1040. The third-order valence-corrected chi connectivity index (χ3v) is 5.95. The highest BCUT2D eigenvalue weighted by Crippen LogP contribution is 2.29. The highest BCUT2D eigenvalue weighted by atomic mass is 16.6. The van der Waals surface area contributed by atoms with Crippen LogP contribution in [0.2, 0.25) is 0 Å². The van der Waals surface area contributed by atoms with Gasteiger partial charge in [0.25, 0.3) is 0 Å². The van der Waals surface area contributed by atoms with E-state index in [1.807, 2.05) is 79.7 Å². The van der Waals surface area contributed by atoms with Gasteiger partial charge in [-0.2, -0.15) is 0 Å². The smallest absolute Gasteiger partial charge is 0.338 e. The number of rotatable bonds is 11. The first-order valence-corrected chi connectivity index (χ1v) is 11.8. The standard InChI is InChI=1S/C29H32O6/c1-21-13-15-24(16-14-21)29(30)35-28-25(19-31-2)34-26(20-32-17-22-9-5-3-6-10-22)27(28)33-18-23-11-7-4-8-12-23/h3-16,25-28H,17-20H2,1-2H3/t25?,26-,27+,28+/m0/s1. The number of benzene rings is 3. The molecular formula is C29H32O6. The van der Waals surface area contributed by atoms with E-state index in [0.29, 0.717) is 25.4 Å². The van der Waals surface area contributed by atoms with E-state index >= 15 is 0 Å². The third-order valence-electron chi connectivity index (χ3n) is 5.95. The van der Waals surface area contributed by atoms with Gasteiger partial charge in [0.2, 0.25) is 0 Å². The van der Waals surface area contributed by atoms with E-state index in [1.165, 1.54) is 0 Å². The van der Waals surface area contributed by atoms with E-state index in [-0.39, 0.29) is 6.61 Å². The zero-order valence-electron chi connectivity index (χ0n) is 20.2. The summed E-state index contributed by atoms with van der Waals surface area (Å²) in [4.78, 5) is 13.0. The van der Waals surface area contributed by atoms with Crippen molar-refractivity contribution in [1.82, 2.24) is 0 Å². The molecule has 3 aromatic rings. The lowest BCUT2D eigenvalue weighted by Gasteiger charge is -2.25. The van der Waals surface area contributed by atoms with Crippen molar-refractivity contribution in [3.05, 3.63) is 107 Å². The van der Waals surface area contributed by atoms with Gasteiger partial charge < -0.3 is 23.7 Å². The van der Waals surface area contributed by atoms with Gasteiger partial charge in [0.05, 0.1) is 32.0 Å². The SMILES string of the molecule is COCC1O[C@@H](COCc2ccccc2)[C@@H](OCc2ccccc2)[C@@H]1OC(=O)c1ccc(C)cc1. The van der Waals surface area contributed by atoms with Crippen LogP contribution in [0, 0.1) is 6.92 Å². The predicted molar refractivity (Wildman–Crippen MR) is 132 cm³/mol. The molecule has 1 saturated heterocycles. The number of hydrogen-bond acceptors (Lipinski definition) is 6. The number of esters is 1. The molecule has 0 aromatic heterocycles. The summed E-state index contributed by atoms with van der Waals surface area (Å²) < 4.78 is 29.9. The number of hydrogen-bond donors (Lipinski definition) is 0. The molecule has 1 heterocycles. The summed E-state index contributed by atoms with van der Waals surface area (Å²) >= 11 is 0. The average molecular weight is 477 g/mol. The van der Waals surface area contributed by atoms with Crippen molar-refractivity contribution in [1.29, 1.82) is 0 Å². The molecule has 0 radical (unpaired) electrons. The van der Waals surface area contributed by atoms with Gasteiger partial charge >= 0.3 is 5.97 Å². The van der Waals surface area contributed by atoms with Crippen molar-refractivity contribution in [2.45, 2.75) is 44.6 Å². The van der Waals surface area contributed by atoms with Crippen molar-refractivity contribution in [3.63, 3.8) is 0 Å². The minimum absolute atomic E-state index is 0.270. The largest absolute Gasteiger partial charge is 0.453 e. The zero-order chi connectivity index (χ0) is 24.5. The van der Waals surface area contributed by atoms with Crippen LogP contribution in [-0.4, -0.2) is 50.7 Å². The first-order valence-electron chi connectivity index (χ1n) is 11.8. The van der Waals surface area contributed by atoms with E-state index in [0.717, 1.165) is 16.7 Å². The summed E-state index contributed by atoms with van der Waals surface area (Å²) in [5, 5.41) is 0. The number of ether oxygens (including phenoxy) is 5. The second kappa shape index (κ2) is 12.6. The van der Waals surface area contributed by atoms with Crippen LogP contribution in [0.1, 0.15) is 27.0 Å². The highest BCUT2D eigenvalue weighted by molar-refractivity contribution is 5.89. The van der Waals surface area contributed by atoms with Gasteiger partial charge in [0, 0.05) is 7.11 Å². The summed E-state index contributed by atoms with van der Waals surface area (Å²) in [5.41, 5.74) is 3.65. The van der Waals surface area contributed by atoms with Gasteiger partial charge in [-0.25, -0.2) is 4.79 Å². The normalized spacial score (nSPS) is 21.7. The molecule has 35 heavy (non-hydrogen) atoms. The lowest BCUT2D eigenvalue weighted by molar-refractivity contribution is -0.0810. The average Bonchev–Trinajstić information content (AvgIpc) is 3.20. The lowest BCUT2D eigenvalue weighted by Crippen LogP contribution is -2.41. The Kier molecular flexibility index (Phi) is 9.03. The van der Waals surface area contributed by atoms with Gasteiger partial charge in [-0.05, 0) is 30.2 Å². The van der Waals surface area contributed by atoms with E-state index in [1.54, 1.807) is 19.2 Å². The number of carbonyl (C=O) groups is 1. The fraction of sp³-hybridized carbons (Fsp3) is 0.345. The minimum Gasteiger partial charge on any atom is -0.453 e. The maximum Gasteiger partial charge on any atom is 0.338 e. The molecule has 6 nitrogen and oxygen atoms in total. The molecule has 1 aliphatic rings. The summed E-state index contributed by atoms with van der Waals surface area (Å²) in [7, 11) is 1.60. The fourth-order valence-electron chi connectivity index (χ4n) is 4.10. The molecule has 0 saturated carbocycles. The topological polar surface area (TPSA) is 63.2 Å². The minimum atomic E-state index is -0.641. The van der Waals surface area contributed by atoms with Crippen LogP contribution in [0.15, 0.2) is 84.9 Å². The highest BCUT2D eigenvalue weighted by Gasteiger charge is 2.48. The molecule has 3 aromatic carbocycles. The Hall–Kier alpha value is -3.03. The Morgan fingerprint density at radius 3 is 2.00 bits per heavy atom. The predicted octanol–water partition coefficient (Wildman–Crippen LogP) is 4.74. The molecule has 0 N–H and O–H groups in total. The summed E-state index contributed by atoms with van der Waals surface area (Å²) in [6.45, 7) is 3.36. The van der Waals surface area contributed by atoms with Crippen molar-refractivity contribution >= 4 is 5.97 Å². The second-order valence-corrected chi connectivity index (χ2v) is 8.67. The van der Waals surface area contributed by atoms with Crippen LogP contribution in [0.25, 0.3) is 0 Å². The first kappa shape index (κ1) is 25.1. The molecule has 0 spiro atoms. The Morgan fingerprint density at radius 2 is 1.37 bits per heavy atom. The van der Waals surface area contributed by atoms with E-state index < -0.39 is 30.4 Å². The Labute approximate surface area is 206 Å². The molecule has 1 fully saturated rings. The summed E-state index contributed by atoms with van der Waals surface area (Å²) in [6.07, 6.45) is -2.04. The molecule has 0 amide bonds. The Morgan fingerprint density at radius 1 is 0.771 bits per heavy atom. The fourth-order valence-corrected chi connectivity index (χ4v) is 4.10. The van der Waals surface area contributed by atoms with Crippen LogP contribution >= 0.6 is 0 Å². The van der Waals surface area contributed by atoms with Crippen LogP contribution in [-0.2, 0) is 36.9 Å². The molecule has 4 rings (SSSR count). The molecule has 0 aliphatic carbocycles. The van der Waals surface area contributed by atoms with Crippen LogP contribution < -0.4 is 0 Å². The molecule has 4 atom stereocenters. The van der Waals surface area contributed by atoms with E-state index in [4.69, 9.17) is 23.7 Å². The molecular weight excluding hydrogens is 444 g/mol. The number of carbonyl (C=O) groups excluding carboxylic acids is 1. The monoisotopic (exact) mass is 476 g/mol. The first-order chi connectivity index (χ1) is 17.1. The van der Waals surface area contributed by atoms with Crippen molar-refractivity contribution in [3.8, 4) is 0 Å². The molecule has 1 aliphatic heterocycles. The van der Waals surface area contributed by atoms with Gasteiger partial charge in [0.15, 0.2) is 6.10 Å². The molecule has 184 valence electrons. The third kappa shape index (κ3) is 6.99. The maximum atomic E-state index is 13.0. The second-order valence-electron chi connectivity index (χ2n) is 8.67. The van der Waals surface area contributed by atoms with E-state index in [9.17, 15) is 4.79 Å². The van der Waals surface area contributed by atoms with Crippen LogP contribution in [0.5, 0.6) is 0 Å². The molecule has 1 unspecified atom stereocenters. The van der Waals surface area contributed by atoms with Crippen molar-refractivity contribution < 1.29 is 28.5 Å². The van der Waals surface area contributed by atoms with E-state index in [2.05, 4.69) is 0 Å². The van der Waals surface area contributed by atoms with Crippen molar-refractivity contribution in [2.75, 3.05) is 20.3 Å². The number of methoxy groups -OCH3 is 1. The Balaban J connectivity index is 1.49. The quantitative estimate of drug-likeness (QED) is 0.373. The van der Waals surface area contributed by atoms with Crippen LogP contribution in [0.4, 0.5) is 0 Å². The van der Waals surface area contributed by atoms with Gasteiger partial charge in [0.1, 0.15) is 18.3 Å². The summed E-state index contributed by atoms with van der Waals surface area (Å²) in [5.74, 6) is -0.418.